The molecule has 0 heterocycles. The van der Waals surface area contributed by atoms with Crippen LogP contribution < -0.4 is 0 Å². The number of allylic oxidation sites excluding steroid dienone is 1. The fourth-order valence-electron chi connectivity index (χ4n) is 0.659. The van der Waals surface area contributed by atoms with Gasteiger partial charge in [-0.15, -0.1) is 0 Å². The Morgan fingerprint density at radius 1 is 1.25 bits per heavy atom. The van der Waals surface area contributed by atoms with Gasteiger partial charge in [0.05, 0.1) is 6.61 Å². The van der Waals surface area contributed by atoms with Crippen LogP contribution in [-0.2, 0) is 19.1 Å². The third kappa shape index (κ3) is 6.86. The standard InChI is InChI=1S/C9H11F3O4/c1-2-15-8(13)9(14)16-5-6(10)3-4-7(11)12/h3,7H,2,4-5H2,1H3. The molecule has 0 aromatic heterocycles. The fourth-order valence-corrected chi connectivity index (χ4v) is 0.659. The zero-order valence-corrected chi connectivity index (χ0v) is 8.54. The van der Waals surface area contributed by atoms with Crippen molar-refractivity contribution in [3.05, 3.63) is 11.9 Å². The normalized spacial score (nSPS) is 11.4. The van der Waals surface area contributed by atoms with Crippen LogP contribution in [0.25, 0.3) is 0 Å². The van der Waals surface area contributed by atoms with Crippen molar-refractivity contribution in [3.63, 3.8) is 0 Å². The number of carbonyl (C=O) groups excluding carboxylic acids is 2. The molecule has 0 aliphatic heterocycles. The minimum atomic E-state index is -2.67. The summed E-state index contributed by atoms with van der Waals surface area (Å²) in [6, 6.07) is 0. The van der Waals surface area contributed by atoms with Crippen molar-refractivity contribution in [2.75, 3.05) is 13.2 Å². The number of rotatable bonds is 5. The Bertz CT molecular complexity index is 276. The average molecular weight is 240 g/mol. The van der Waals surface area contributed by atoms with Crippen molar-refractivity contribution >= 4 is 11.9 Å². The van der Waals surface area contributed by atoms with E-state index in [9.17, 15) is 22.8 Å². The molecule has 7 heteroatoms. The van der Waals surface area contributed by atoms with Crippen molar-refractivity contribution in [2.45, 2.75) is 19.8 Å². The van der Waals surface area contributed by atoms with Crippen LogP contribution >= 0.6 is 0 Å². The number of hydrogen-bond donors (Lipinski definition) is 0. The number of carbonyl (C=O) groups is 2. The zero-order chi connectivity index (χ0) is 12.6. The summed E-state index contributed by atoms with van der Waals surface area (Å²) in [4.78, 5) is 21.4. The second-order valence-corrected chi connectivity index (χ2v) is 2.57. The number of hydrogen-bond acceptors (Lipinski definition) is 4. The van der Waals surface area contributed by atoms with Crippen LogP contribution in [0.4, 0.5) is 13.2 Å². The quantitative estimate of drug-likeness (QED) is 0.541. The van der Waals surface area contributed by atoms with Crippen molar-refractivity contribution in [1.29, 1.82) is 0 Å². The summed E-state index contributed by atoms with van der Waals surface area (Å²) in [5.41, 5.74) is 0. The second-order valence-electron chi connectivity index (χ2n) is 2.57. The monoisotopic (exact) mass is 240 g/mol. The Morgan fingerprint density at radius 3 is 2.31 bits per heavy atom. The SMILES string of the molecule is CCOC(=O)C(=O)OCC(F)=CCC(F)F. The fraction of sp³-hybridized carbons (Fsp3) is 0.556. The highest BCUT2D eigenvalue weighted by atomic mass is 19.3. The van der Waals surface area contributed by atoms with Gasteiger partial charge in [-0.3, -0.25) is 0 Å². The van der Waals surface area contributed by atoms with Crippen molar-refractivity contribution in [1.82, 2.24) is 0 Å². The molecule has 0 aromatic rings. The maximum Gasteiger partial charge on any atom is 0.417 e. The van der Waals surface area contributed by atoms with Gasteiger partial charge in [0.15, 0.2) is 0 Å². The van der Waals surface area contributed by atoms with Crippen LogP contribution in [0.1, 0.15) is 13.3 Å². The highest BCUT2D eigenvalue weighted by Crippen LogP contribution is 2.05. The molecule has 0 fully saturated rings. The molecule has 0 radical (unpaired) electrons. The summed E-state index contributed by atoms with van der Waals surface area (Å²) in [5, 5.41) is 0. The molecule has 0 amide bonds. The molecule has 0 spiro atoms. The van der Waals surface area contributed by atoms with Crippen LogP contribution in [0.3, 0.4) is 0 Å². The minimum absolute atomic E-state index is 0.0162. The molecule has 0 bridgehead atoms. The van der Waals surface area contributed by atoms with Gasteiger partial charge in [-0.25, -0.2) is 22.8 Å². The topological polar surface area (TPSA) is 52.6 Å². The second kappa shape index (κ2) is 7.72. The molecule has 92 valence electrons. The van der Waals surface area contributed by atoms with E-state index in [1.54, 1.807) is 0 Å². The van der Waals surface area contributed by atoms with Gasteiger partial charge >= 0.3 is 11.9 Å². The van der Waals surface area contributed by atoms with Gasteiger partial charge in [-0.2, -0.15) is 0 Å². The van der Waals surface area contributed by atoms with E-state index in [0.29, 0.717) is 6.08 Å². The molecular formula is C9H11F3O4. The van der Waals surface area contributed by atoms with E-state index >= 15 is 0 Å². The van der Waals surface area contributed by atoms with Gasteiger partial charge in [-0.05, 0) is 13.0 Å². The lowest BCUT2D eigenvalue weighted by Gasteiger charge is -2.02. The summed E-state index contributed by atoms with van der Waals surface area (Å²) in [7, 11) is 0. The van der Waals surface area contributed by atoms with E-state index in [1.165, 1.54) is 6.92 Å². The number of esters is 2. The summed E-state index contributed by atoms with van der Waals surface area (Å²) >= 11 is 0. The van der Waals surface area contributed by atoms with E-state index in [4.69, 9.17) is 0 Å². The maximum atomic E-state index is 12.7. The summed E-state index contributed by atoms with van der Waals surface area (Å²) in [5.74, 6) is -3.65. The molecular weight excluding hydrogens is 229 g/mol. The molecule has 0 unspecified atom stereocenters. The highest BCUT2D eigenvalue weighted by Gasteiger charge is 2.17. The van der Waals surface area contributed by atoms with Crippen molar-refractivity contribution in [3.8, 4) is 0 Å². The Morgan fingerprint density at radius 2 is 1.81 bits per heavy atom. The lowest BCUT2D eigenvalue weighted by molar-refractivity contribution is -0.167. The number of ether oxygens (including phenoxy) is 2. The van der Waals surface area contributed by atoms with Crippen LogP contribution in [0.2, 0.25) is 0 Å². The molecule has 4 nitrogen and oxygen atoms in total. The van der Waals surface area contributed by atoms with E-state index in [0.717, 1.165) is 0 Å². The van der Waals surface area contributed by atoms with Gasteiger partial charge in [0.25, 0.3) is 0 Å². The molecule has 0 rings (SSSR count). The zero-order valence-electron chi connectivity index (χ0n) is 8.54. The van der Waals surface area contributed by atoms with Crippen LogP contribution in [0.5, 0.6) is 0 Å². The predicted molar refractivity (Wildman–Crippen MR) is 47.4 cm³/mol. The van der Waals surface area contributed by atoms with E-state index in [1.807, 2.05) is 0 Å². The van der Waals surface area contributed by atoms with Crippen LogP contribution in [0, 0.1) is 0 Å². The van der Waals surface area contributed by atoms with E-state index < -0.39 is 37.2 Å². The summed E-state index contributed by atoms with van der Waals surface area (Å²) in [6.07, 6.45) is -2.86. The van der Waals surface area contributed by atoms with Gasteiger partial charge < -0.3 is 9.47 Å². The Balaban J connectivity index is 3.91. The predicted octanol–water partition coefficient (Wildman–Crippen LogP) is 1.60. The number of halogens is 3. The molecule has 0 saturated heterocycles. The lowest BCUT2D eigenvalue weighted by Crippen LogP contribution is -2.20. The Labute approximate surface area is 90.0 Å². The minimum Gasteiger partial charge on any atom is -0.458 e. The van der Waals surface area contributed by atoms with E-state index in [-0.39, 0.29) is 6.61 Å². The van der Waals surface area contributed by atoms with Crippen LogP contribution in [0.15, 0.2) is 11.9 Å². The highest BCUT2D eigenvalue weighted by molar-refractivity contribution is 6.29. The lowest BCUT2D eigenvalue weighted by atomic mass is 10.4. The van der Waals surface area contributed by atoms with Gasteiger partial charge in [0, 0.05) is 6.42 Å². The third-order valence-electron chi connectivity index (χ3n) is 1.30. The maximum absolute atomic E-state index is 12.7. The third-order valence-corrected chi connectivity index (χ3v) is 1.30. The first-order valence-corrected chi connectivity index (χ1v) is 4.44. The van der Waals surface area contributed by atoms with Gasteiger partial charge in [0.2, 0.25) is 6.43 Å². The van der Waals surface area contributed by atoms with Crippen LogP contribution in [-0.4, -0.2) is 31.6 Å². The molecule has 0 N–H and O–H groups in total. The molecule has 16 heavy (non-hydrogen) atoms. The molecule has 0 aliphatic carbocycles. The van der Waals surface area contributed by atoms with Crippen molar-refractivity contribution in [2.24, 2.45) is 0 Å². The molecule has 0 aromatic carbocycles. The first kappa shape index (κ1) is 14.5. The largest absolute Gasteiger partial charge is 0.458 e. The molecule has 0 atom stereocenters. The molecule has 0 aliphatic rings. The Hall–Kier alpha value is -1.53. The van der Waals surface area contributed by atoms with Crippen molar-refractivity contribution < 1.29 is 32.2 Å². The van der Waals surface area contributed by atoms with E-state index in [2.05, 4.69) is 9.47 Å². The first-order chi connectivity index (χ1) is 7.47. The van der Waals surface area contributed by atoms with Gasteiger partial charge in [-0.1, -0.05) is 0 Å². The first-order valence-electron chi connectivity index (χ1n) is 4.44. The average Bonchev–Trinajstić information content (AvgIpc) is 2.23. The Kier molecular flexibility index (Phi) is 6.98. The molecule has 0 saturated carbocycles. The number of alkyl halides is 2. The van der Waals surface area contributed by atoms with Gasteiger partial charge in [0.1, 0.15) is 12.4 Å². The summed E-state index contributed by atoms with van der Waals surface area (Å²) < 4.78 is 44.3. The smallest absolute Gasteiger partial charge is 0.417 e. The summed E-state index contributed by atoms with van der Waals surface area (Å²) in [6.45, 7) is 0.607.